The lowest BCUT2D eigenvalue weighted by Crippen LogP contribution is -2.39. The van der Waals surface area contributed by atoms with Crippen LogP contribution in [0.1, 0.15) is 22.5 Å². The summed E-state index contributed by atoms with van der Waals surface area (Å²) in [4.78, 5) is 22.6. The highest BCUT2D eigenvalue weighted by Gasteiger charge is 2.36. The predicted octanol–water partition coefficient (Wildman–Crippen LogP) is 1.66. The van der Waals surface area contributed by atoms with Crippen molar-refractivity contribution in [3.05, 3.63) is 54.1 Å². The van der Waals surface area contributed by atoms with Crippen molar-refractivity contribution >= 4 is 5.91 Å². The molecule has 1 aliphatic rings. The SMILES string of the molecule is CO[C@@H]1C[C@@H](COc2cccnc2)N(C(=O)c2cc(C#N)ccn2)C1. The Hall–Kier alpha value is -2.98. The van der Waals surface area contributed by atoms with Crippen LogP contribution in [-0.2, 0) is 4.74 Å². The largest absolute Gasteiger partial charge is 0.490 e. The van der Waals surface area contributed by atoms with E-state index in [2.05, 4.69) is 9.97 Å². The fraction of sp³-hybridized carbons (Fsp3) is 0.333. The van der Waals surface area contributed by atoms with E-state index in [1.807, 2.05) is 12.1 Å². The van der Waals surface area contributed by atoms with Crippen LogP contribution in [0.2, 0.25) is 0 Å². The molecule has 3 rings (SSSR count). The third-order valence-corrected chi connectivity index (χ3v) is 4.16. The summed E-state index contributed by atoms with van der Waals surface area (Å²) >= 11 is 0. The van der Waals surface area contributed by atoms with Gasteiger partial charge in [-0.05, 0) is 30.7 Å². The maximum atomic E-state index is 12.8. The Balaban J connectivity index is 1.74. The van der Waals surface area contributed by atoms with Crippen LogP contribution in [0.5, 0.6) is 5.75 Å². The average Bonchev–Trinajstić information content (AvgIpc) is 3.10. The molecule has 3 heterocycles. The molecule has 0 saturated carbocycles. The summed E-state index contributed by atoms with van der Waals surface area (Å²) in [6.45, 7) is 0.810. The minimum atomic E-state index is -0.226. The Morgan fingerprint density at radius 2 is 2.32 bits per heavy atom. The van der Waals surface area contributed by atoms with Crippen molar-refractivity contribution in [3.63, 3.8) is 0 Å². The molecule has 2 aromatic rings. The van der Waals surface area contributed by atoms with Gasteiger partial charge in [0.25, 0.3) is 5.91 Å². The molecule has 1 aliphatic heterocycles. The standard InChI is InChI=1S/C18H18N4O3/c1-24-16-8-14(12-25-15-3-2-5-20-10-15)22(11-16)18(23)17-7-13(9-19)4-6-21-17/h2-7,10,14,16H,8,11-12H2,1H3/t14-,16+/m0/s1. The van der Waals surface area contributed by atoms with Crippen molar-refractivity contribution in [2.45, 2.75) is 18.6 Å². The molecule has 7 nitrogen and oxygen atoms in total. The monoisotopic (exact) mass is 338 g/mol. The van der Waals surface area contributed by atoms with E-state index in [0.29, 0.717) is 30.9 Å². The number of nitrogens with zero attached hydrogens (tertiary/aromatic N) is 4. The van der Waals surface area contributed by atoms with Crippen LogP contribution in [0, 0.1) is 11.3 Å². The van der Waals surface area contributed by atoms with Crippen LogP contribution in [0.4, 0.5) is 0 Å². The molecule has 2 atom stereocenters. The Bertz CT molecular complexity index is 775. The number of aromatic nitrogens is 2. The van der Waals surface area contributed by atoms with Gasteiger partial charge in [-0.1, -0.05) is 0 Å². The molecule has 0 unspecified atom stereocenters. The van der Waals surface area contributed by atoms with Gasteiger partial charge in [0, 0.05) is 26.0 Å². The molecule has 1 fully saturated rings. The first kappa shape index (κ1) is 16.9. The number of carbonyl (C=O) groups is 1. The van der Waals surface area contributed by atoms with E-state index in [4.69, 9.17) is 14.7 Å². The van der Waals surface area contributed by atoms with Gasteiger partial charge in [0.15, 0.2) is 0 Å². The quantitative estimate of drug-likeness (QED) is 0.824. The third-order valence-electron chi connectivity index (χ3n) is 4.16. The third kappa shape index (κ3) is 3.92. The van der Waals surface area contributed by atoms with Crippen molar-refractivity contribution < 1.29 is 14.3 Å². The van der Waals surface area contributed by atoms with Crippen molar-refractivity contribution in [1.29, 1.82) is 5.26 Å². The van der Waals surface area contributed by atoms with Crippen molar-refractivity contribution in [2.75, 3.05) is 20.3 Å². The van der Waals surface area contributed by atoms with Crippen LogP contribution >= 0.6 is 0 Å². The minimum absolute atomic E-state index is 0.0504. The Morgan fingerprint density at radius 1 is 1.44 bits per heavy atom. The first-order valence-electron chi connectivity index (χ1n) is 7.94. The minimum Gasteiger partial charge on any atom is -0.490 e. The van der Waals surface area contributed by atoms with Crippen LogP contribution in [0.15, 0.2) is 42.9 Å². The lowest BCUT2D eigenvalue weighted by molar-refractivity contribution is 0.0652. The van der Waals surface area contributed by atoms with E-state index in [1.54, 1.807) is 36.5 Å². The molecular formula is C18H18N4O3. The number of likely N-dealkylation sites (tertiary alicyclic amines) is 1. The Labute approximate surface area is 145 Å². The first-order chi connectivity index (χ1) is 12.2. The molecular weight excluding hydrogens is 320 g/mol. The van der Waals surface area contributed by atoms with E-state index in [1.165, 1.54) is 12.3 Å². The maximum absolute atomic E-state index is 12.8. The highest BCUT2D eigenvalue weighted by Crippen LogP contribution is 2.23. The molecule has 1 amide bonds. The number of methoxy groups -OCH3 is 1. The summed E-state index contributed by atoms with van der Waals surface area (Å²) in [5.41, 5.74) is 0.658. The number of hydrogen-bond acceptors (Lipinski definition) is 6. The fourth-order valence-electron chi connectivity index (χ4n) is 2.84. The van der Waals surface area contributed by atoms with Crippen molar-refractivity contribution in [1.82, 2.24) is 14.9 Å². The smallest absolute Gasteiger partial charge is 0.272 e. The van der Waals surface area contributed by atoms with Gasteiger partial charge in [0.1, 0.15) is 18.1 Å². The number of amides is 1. The molecule has 7 heteroatoms. The summed E-state index contributed by atoms with van der Waals surface area (Å²) < 4.78 is 11.2. The van der Waals surface area contributed by atoms with Crippen molar-refractivity contribution in [2.24, 2.45) is 0 Å². The second-order valence-corrected chi connectivity index (χ2v) is 5.75. The summed E-state index contributed by atoms with van der Waals surface area (Å²) in [6, 6.07) is 8.58. The zero-order valence-corrected chi connectivity index (χ0v) is 13.8. The van der Waals surface area contributed by atoms with Gasteiger partial charge in [-0.3, -0.25) is 14.8 Å². The molecule has 0 bridgehead atoms. The van der Waals surface area contributed by atoms with Crippen LogP contribution < -0.4 is 4.74 Å². The molecule has 2 aromatic heterocycles. The highest BCUT2D eigenvalue weighted by molar-refractivity contribution is 5.93. The summed E-state index contributed by atoms with van der Waals surface area (Å²) in [7, 11) is 1.63. The summed E-state index contributed by atoms with van der Waals surface area (Å²) in [6.07, 6.45) is 5.41. The van der Waals surface area contributed by atoms with Gasteiger partial charge in [0.2, 0.25) is 0 Å². The molecule has 128 valence electrons. The number of carbonyl (C=O) groups excluding carboxylic acids is 1. The molecule has 0 radical (unpaired) electrons. The highest BCUT2D eigenvalue weighted by atomic mass is 16.5. The normalized spacial score (nSPS) is 19.4. The van der Waals surface area contributed by atoms with E-state index >= 15 is 0 Å². The van der Waals surface area contributed by atoms with Gasteiger partial charge in [-0.2, -0.15) is 5.26 Å². The molecule has 0 aromatic carbocycles. The summed E-state index contributed by atoms with van der Waals surface area (Å²) in [5.74, 6) is 0.428. The number of rotatable bonds is 5. The van der Waals surface area contributed by atoms with Gasteiger partial charge >= 0.3 is 0 Å². The summed E-state index contributed by atoms with van der Waals surface area (Å²) in [5, 5.41) is 9.00. The second kappa shape index (κ2) is 7.73. The average molecular weight is 338 g/mol. The van der Waals surface area contributed by atoms with Gasteiger partial charge in [-0.15, -0.1) is 0 Å². The van der Waals surface area contributed by atoms with Crippen LogP contribution in [-0.4, -0.2) is 53.2 Å². The lowest BCUT2D eigenvalue weighted by Gasteiger charge is -2.24. The zero-order valence-electron chi connectivity index (χ0n) is 13.8. The zero-order chi connectivity index (χ0) is 17.6. The van der Waals surface area contributed by atoms with Gasteiger partial charge in [-0.25, -0.2) is 0 Å². The molecule has 1 saturated heterocycles. The fourth-order valence-corrected chi connectivity index (χ4v) is 2.84. The number of ether oxygens (including phenoxy) is 2. The van der Waals surface area contributed by atoms with E-state index < -0.39 is 0 Å². The topological polar surface area (TPSA) is 88.3 Å². The number of hydrogen-bond donors (Lipinski definition) is 0. The predicted molar refractivity (Wildman–Crippen MR) is 88.9 cm³/mol. The van der Waals surface area contributed by atoms with Crippen LogP contribution in [0.25, 0.3) is 0 Å². The molecule has 0 N–H and O–H groups in total. The Morgan fingerprint density at radius 3 is 3.04 bits per heavy atom. The molecule has 25 heavy (non-hydrogen) atoms. The van der Waals surface area contributed by atoms with Crippen LogP contribution in [0.3, 0.4) is 0 Å². The number of pyridine rings is 2. The number of nitriles is 1. The second-order valence-electron chi connectivity index (χ2n) is 5.75. The maximum Gasteiger partial charge on any atom is 0.272 e. The van der Waals surface area contributed by atoms with E-state index in [9.17, 15) is 4.79 Å². The molecule has 0 spiro atoms. The van der Waals surface area contributed by atoms with Gasteiger partial charge < -0.3 is 14.4 Å². The van der Waals surface area contributed by atoms with Gasteiger partial charge in [0.05, 0.1) is 30.0 Å². The van der Waals surface area contributed by atoms with E-state index in [0.717, 1.165) is 0 Å². The lowest BCUT2D eigenvalue weighted by atomic mass is 10.2. The Kier molecular flexibility index (Phi) is 5.21. The van der Waals surface area contributed by atoms with Crippen molar-refractivity contribution in [3.8, 4) is 11.8 Å². The molecule has 0 aliphatic carbocycles. The van der Waals surface area contributed by atoms with E-state index in [-0.39, 0.29) is 23.7 Å². The first-order valence-corrected chi connectivity index (χ1v) is 7.94.